The summed E-state index contributed by atoms with van der Waals surface area (Å²) in [7, 11) is -4.19. The van der Waals surface area contributed by atoms with Gasteiger partial charge in [0.15, 0.2) is 0 Å². The summed E-state index contributed by atoms with van der Waals surface area (Å²) >= 11 is 0. The van der Waals surface area contributed by atoms with E-state index < -0.39 is 7.82 Å². The molecule has 6 nitrogen and oxygen atoms in total. The van der Waals surface area contributed by atoms with Crippen molar-refractivity contribution in [2.24, 2.45) is 0 Å². The van der Waals surface area contributed by atoms with Crippen LogP contribution in [-0.2, 0) is 13.8 Å². The van der Waals surface area contributed by atoms with Crippen LogP contribution in [0.2, 0.25) is 0 Å². The van der Waals surface area contributed by atoms with Gasteiger partial charge in [-0.15, -0.1) is 4.67 Å². The molecule has 0 heterocycles. The molecule has 7 heteroatoms. The summed E-state index contributed by atoms with van der Waals surface area (Å²) in [6.07, 6.45) is 11.9. The number of phosphoric ester groups is 1. The summed E-state index contributed by atoms with van der Waals surface area (Å²) in [4.78, 5) is 8.73. The largest absolute Gasteiger partial charge is 0.499 e. The zero-order valence-corrected chi connectivity index (χ0v) is 12.9. The molecule has 0 aliphatic heterocycles. The zero-order chi connectivity index (χ0) is 13.7. The molecular formula is C12H30NO5P. The van der Waals surface area contributed by atoms with Crippen LogP contribution in [0.1, 0.15) is 71.1 Å². The summed E-state index contributed by atoms with van der Waals surface area (Å²) < 4.78 is 18.5. The number of rotatable bonds is 13. The van der Waals surface area contributed by atoms with Crippen molar-refractivity contribution in [3.05, 3.63) is 0 Å². The van der Waals surface area contributed by atoms with Gasteiger partial charge in [0.25, 0.3) is 0 Å². The average Bonchev–Trinajstić information content (AvgIpc) is 2.36. The number of phosphoric acid groups is 1. The molecule has 0 aliphatic carbocycles. The third kappa shape index (κ3) is 16.0. The van der Waals surface area contributed by atoms with Gasteiger partial charge in [0.2, 0.25) is 0 Å². The highest BCUT2D eigenvalue weighted by molar-refractivity contribution is 7.47. The molecule has 0 saturated heterocycles. The number of hydrogen-bond donors (Lipinski definition) is 3. The van der Waals surface area contributed by atoms with E-state index in [0.717, 1.165) is 12.8 Å². The second-order valence-corrected chi connectivity index (χ2v) is 5.92. The third-order valence-corrected chi connectivity index (χ3v) is 3.57. The summed E-state index contributed by atoms with van der Waals surface area (Å²) in [5.74, 6) is 0. The Balaban J connectivity index is 0. The van der Waals surface area contributed by atoms with E-state index in [-0.39, 0.29) is 12.8 Å². The van der Waals surface area contributed by atoms with Gasteiger partial charge < -0.3 is 11.0 Å². The van der Waals surface area contributed by atoms with Crippen LogP contribution < -0.4 is 6.15 Å². The highest BCUT2D eigenvalue weighted by Crippen LogP contribution is 2.41. The van der Waals surface area contributed by atoms with Crippen LogP contribution in [0.3, 0.4) is 0 Å². The molecule has 0 aromatic carbocycles. The van der Waals surface area contributed by atoms with Crippen LogP contribution in [0, 0.1) is 0 Å². The van der Waals surface area contributed by atoms with E-state index >= 15 is 0 Å². The average molecular weight is 299 g/mol. The van der Waals surface area contributed by atoms with Gasteiger partial charge in [0, 0.05) is 0 Å². The van der Waals surface area contributed by atoms with E-state index in [1.54, 1.807) is 0 Å². The van der Waals surface area contributed by atoms with Crippen molar-refractivity contribution < 1.29 is 23.9 Å². The first-order valence-electron chi connectivity index (χ1n) is 6.93. The fourth-order valence-electron chi connectivity index (χ4n) is 1.79. The summed E-state index contributed by atoms with van der Waals surface area (Å²) in [5, 5.41) is 8.02. The lowest BCUT2D eigenvalue weighted by Crippen LogP contribution is -1.94. The highest BCUT2D eigenvalue weighted by atomic mass is 31.2. The molecule has 0 aliphatic rings. The minimum absolute atomic E-state index is 0. The molecule has 5 N–H and O–H groups in total. The smallest absolute Gasteiger partial charge is 0.344 e. The molecule has 1 atom stereocenters. The van der Waals surface area contributed by atoms with Gasteiger partial charge >= 0.3 is 7.82 Å². The monoisotopic (exact) mass is 299 g/mol. The standard InChI is InChI=1S/C12H27O5P.H3N/c1-2-3-4-5-6-7-8-9-10-11-12-16-18(14,15)17-13;/h13H,2-12H2,1H3,(H,14,15);1H3. The predicted molar refractivity (Wildman–Crippen MR) is 76.4 cm³/mol. The van der Waals surface area contributed by atoms with Gasteiger partial charge in [-0.2, -0.15) is 0 Å². The van der Waals surface area contributed by atoms with Crippen LogP contribution in [0.15, 0.2) is 0 Å². The lowest BCUT2D eigenvalue weighted by molar-refractivity contribution is -0.162. The van der Waals surface area contributed by atoms with Crippen molar-refractivity contribution in [2.75, 3.05) is 6.61 Å². The summed E-state index contributed by atoms with van der Waals surface area (Å²) in [5.41, 5.74) is 0. The first kappa shape index (κ1) is 21.3. The van der Waals surface area contributed by atoms with Crippen molar-refractivity contribution in [1.29, 1.82) is 0 Å². The normalized spacial score (nSPS) is 13.8. The molecule has 1 unspecified atom stereocenters. The lowest BCUT2D eigenvalue weighted by Gasteiger charge is -2.07. The van der Waals surface area contributed by atoms with E-state index in [4.69, 9.17) is 10.2 Å². The van der Waals surface area contributed by atoms with Gasteiger partial charge in [-0.1, -0.05) is 64.7 Å². The van der Waals surface area contributed by atoms with Crippen molar-refractivity contribution >= 4 is 7.82 Å². The minimum Gasteiger partial charge on any atom is -0.344 e. The molecule has 0 aromatic rings. The molecule has 0 radical (unpaired) electrons. The van der Waals surface area contributed by atoms with Gasteiger partial charge in [0.05, 0.1) is 6.61 Å². The second-order valence-electron chi connectivity index (χ2n) is 4.57. The fraction of sp³-hybridized carbons (Fsp3) is 1.00. The SMILES string of the molecule is CCCCCCCCCCCCOP(=O)(O)OO.N. The molecule has 19 heavy (non-hydrogen) atoms. The molecular weight excluding hydrogens is 269 g/mol. The second kappa shape index (κ2) is 14.4. The predicted octanol–water partition coefficient (Wildman–Crippen LogP) is 4.68. The van der Waals surface area contributed by atoms with Gasteiger partial charge in [0.1, 0.15) is 0 Å². The maximum atomic E-state index is 10.7. The van der Waals surface area contributed by atoms with Crippen molar-refractivity contribution in [3.8, 4) is 0 Å². The number of hydrogen-bond acceptors (Lipinski definition) is 5. The van der Waals surface area contributed by atoms with Crippen molar-refractivity contribution in [1.82, 2.24) is 6.15 Å². The van der Waals surface area contributed by atoms with Crippen molar-refractivity contribution in [3.63, 3.8) is 0 Å². The molecule has 0 saturated carbocycles. The molecule has 0 spiro atoms. The minimum atomic E-state index is -4.19. The molecule has 0 bridgehead atoms. The Morgan fingerprint density at radius 1 is 0.895 bits per heavy atom. The first-order chi connectivity index (χ1) is 8.62. The van der Waals surface area contributed by atoms with Crippen LogP contribution in [0.5, 0.6) is 0 Å². The van der Waals surface area contributed by atoms with Crippen LogP contribution in [-0.4, -0.2) is 16.8 Å². The van der Waals surface area contributed by atoms with Crippen LogP contribution in [0.25, 0.3) is 0 Å². The Morgan fingerprint density at radius 2 is 1.32 bits per heavy atom. The molecule has 0 aromatic heterocycles. The molecule has 118 valence electrons. The van der Waals surface area contributed by atoms with E-state index in [2.05, 4.69) is 16.1 Å². The Hall–Kier alpha value is 0.0300. The van der Waals surface area contributed by atoms with Gasteiger partial charge in [-0.3, -0.25) is 4.52 Å². The summed E-state index contributed by atoms with van der Waals surface area (Å²) in [6.45, 7) is 2.36. The highest BCUT2D eigenvalue weighted by Gasteiger charge is 2.19. The Labute approximate surface area is 116 Å². The number of unbranched alkanes of at least 4 members (excludes halogenated alkanes) is 9. The maximum Gasteiger partial charge on any atom is 0.499 e. The maximum absolute atomic E-state index is 10.7. The Bertz CT molecular complexity index is 228. The molecule has 0 rings (SSSR count). The molecule has 0 fully saturated rings. The van der Waals surface area contributed by atoms with Gasteiger partial charge in [-0.25, -0.2) is 9.82 Å². The van der Waals surface area contributed by atoms with E-state index in [1.807, 2.05) is 0 Å². The fourth-order valence-corrected chi connectivity index (χ4v) is 2.20. The Morgan fingerprint density at radius 3 is 1.74 bits per heavy atom. The van der Waals surface area contributed by atoms with Crippen molar-refractivity contribution in [2.45, 2.75) is 71.1 Å². The van der Waals surface area contributed by atoms with E-state index in [1.165, 1.54) is 44.9 Å². The Kier molecular flexibility index (Phi) is 16.2. The molecule has 0 amide bonds. The first-order valence-corrected chi connectivity index (χ1v) is 8.42. The van der Waals surface area contributed by atoms with Gasteiger partial charge in [-0.05, 0) is 6.42 Å². The third-order valence-electron chi connectivity index (χ3n) is 2.86. The van der Waals surface area contributed by atoms with Crippen LogP contribution in [0.4, 0.5) is 0 Å². The summed E-state index contributed by atoms with van der Waals surface area (Å²) in [6, 6.07) is 0. The topological polar surface area (TPSA) is 111 Å². The lowest BCUT2D eigenvalue weighted by atomic mass is 10.1. The quantitative estimate of drug-likeness (QED) is 0.197. The van der Waals surface area contributed by atoms with Crippen LogP contribution >= 0.6 is 7.82 Å². The van der Waals surface area contributed by atoms with E-state index in [9.17, 15) is 4.57 Å². The van der Waals surface area contributed by atoms with E-state index in [0.29, 0.717) is 6.42 Å². The zero-order valence-electron chi connectivity index (χ0n) is 12.1.